The molecule has 0 aliphatic carbocycles. The lowest BCUT2D eigenvalue weighted by Crippen LogP contribution is -2.27. The van der Waals surface area contributed by atoms with Crippen LogP contribution in [0.1, 0.15) is 13.8 Å². The maximum Gasteiger partial charge on any atom is 0.201 e. The molecule has 0 bridgehead atoms. The van der Waals surface area contributed by atoms with Gasteiger partial charge in [-0.25, -0.2) is 9.37 Å². The summed E-state index contributed by atoms with van der Waals surface area (Å²) in [4.78, 5) is 7.37. The second-order valence-corrected chi connectivity index (χ2v) is 4.70. The highest BCUT2D eigenvalue weighted by molar-refractivity contribution is 6.18. The number of imidazole rings is 1. The number of halogens is 2. The standard InChI is InChI=1S/C12H15ClFN3/c1-7(2)11(6-13)17-12-15-9-4-3-8(14)5-10(9)16-12/h3-5,7,11H,6H2,1-2H3,(H2,15,16,17). The molecule has 5 heteroatoms. The van der Waals surface area contributed by atoms with Gasteiger partial charge in [0.05, 0.1) is 11.0 Å². The second-order valence-electron chi connectivity index (χ2n) is 4.40. The van der Waals surface area contributed by atoms with E-state index < -0.39 is 0 Å². The van der Waals surface area contributed by atoms with Crippen LogP contribution in [0.15, 0.2) is 18.2 Å². The summed E-state index contributed by atoms with van der Waals surface area (Å²) in [5.74, 6) is 1.26. The molecule has 0 saturated heterocycles. The number of aromatic amines is 1. The van der Waals surface area contributed by atoms with Crippen molar-refractivity contribution in [3.63, 3.8) is 0 Å². The van der Waals surface area contributed by atoms with E-state index in [-0.39, 0.29) is 11.9 Å². The first kappa shape index (κ1) is 12.2. The van der Waals surface area contributed by atoms with Crippen molar-refractivity contribution in [2.75, 3.05) is 11.2 Å². The van der Waals surface area contributed by atoms with Gasteiger partial charge in [0, 0.05) is 11.9 Å². The molecule has 0 spiro atoms. The lowest BCUT2D eigenvalue weighted by Gasteiger charge is -2.18. The number of alkyl halides is 1. The molecular formula is C12H15ClFN3. The molecule has 3 nitrogen and oxygen atoms in total. The minimum Gasteiger partial charge on any atom is -0.352 e. The zero-order chi connectivity index (χ0) is 12.4. The summed E-state index contributed by atoms with van der Waals surface area (Å²) in [5, 5.41) is 3.22. The van der Waals surface area contributed by atoms with Crippen LogP contribution in [0.4, 0.5) is 10.3 Å². The third kappa shape index (κ3) is 2.69. The monoisotopic (exact) mass is 255 g/mol. The fraction of sp³-hybridized carbons (Fsp3) is 0.417. The van der Waals surface area contributed by atoms with E-state index in [2.05, 4.69) is 29.1 Å². The highest BCUT2D eigenvalue weighted by Crippen LogP contribution is 2.17. The summed E-state index contributed by atoms with van der Waals surface area (Å²) in [6, 6.07) is 4.62. The van der Waals surface area contributed by atoms with E-state index in [1.807, 2.05) is 0 Å². The molecule has 1 atom stereocenters. The second kappa shape index (κ2) is 4.92. The van der Waals surface area contributed by atoms with Gasteiger partial charge in [-0.3, -0.25) is 0 Å². The van der Waals surface area contributed by atoms with Crippen molar-refractivity contribution in [2.24, 2.45) is 5.92 Å². The van der Waals surface area contributed by atoms with Gasteiger partial charge in [0.1, 0.15) is 5.82 Å². The molecule has 2 aromatic rings. The molecule has 2 N–H and O–H groups in total. The Morgan fingerprint density at radius 1 is 1.47 bits per heavy atom. The summed E-state index contributed by atoms with van der Waals surface area (Å²) in [7, 11) is 0. The molecule has 2 rings (SSSR count). The van der Waals surface area contributed by atoms with Crippen LogP contribution in [0.25, 0.3) is 11.0 Å². The van der Waals surface area contributed by atoms with Crippen LogP contribution in [0, 0.1) is 11.7 Å². The number of hydrogen-bond acceptors (Lipinski definition) is 2. The molecular weight excluding hydrogens is 241 g/mol. The highest BCUT2D eigenvalue weighted by atomic mass is 35.5. The van der Waals surface area contributed by atoms with Gasteiger partial charge in [-0.05, 0) is 24.1 Å². The first-order chi connectivity index (χ1) is 8.10. The van der Waals surface area contributed by atoms with Crippen LogP contribution < -0.4 is 5.32 Å². The zero-order valence-corrected chi connectivity index (χ0v) is 10.6. The molecule has 1 unspecified atom stereocenters. The number of anilines is 1. The summed E-state index contributed by atoms with van der Waals surface area (Å²) in [6.45, 7) is 4.17. The summed E-state index contributed by atoms with van der Waals surface area (Å²) in [6.07, 6.45) is 0. The van der Waals surface area contributed by atoms with Gasteiger partial charge in [-0.15, -0.1) is 11.6 Å². The van der Waals surface area contributed by atoms with E-state index in [0.29, 0.717) is 23.3 Å². The van der Waals surface area contributed by atoms with Gasteiger partial charge in [-0.1, -0.05) is 13.8 Å². The smallest absolute Gasteiger partial charge is 0.201 e. The van der Waals surface area contributed by atoms with Gasteiger partial charge < -0.3 is 10.3 Å². The van der Waals surface area contributed by atoms with E-state index in [0.717, 1.165) is 5.52 Å². The number of rotatable bonds is 4. The molecule has 0 radical (unpaired) electrons. The quantitative estimate of drug-likeness (QED) is 0.823. The minimum atomic E-state index is -0.273. The maximum atomic E-state index is 13.0. The maximum absolute atomic E-state index is 13.0. The number of hydrogen-bond donors (Lipinski definition) is 2. The van der Waals surface area contributed by atoms with E-state index in [9.17, 15) is 4.39 Å². The van der Waals surface area contributed by atoms with Crippen LogP contribution in [-0.4, -0.2) is 21.9 Å². The fourth-order valence-corrected chi connectivity index (χ4v) is 2.04. The average molecular weight is 256 g/mol. The third-order valence-electron chi connectivity index (χ3n) is 2.74. The van der Waals surface area contributed by atoms with Crippen LogP contribution in [0.2, 0.25) is 0 Å². The van der Waals surface area contributed by atoms with Crippen molar-refractivity contribution in [3.8, 4) is 0 Å². The zero-order valence-electron chi connectivity index (χ0n) is 9.80. The number of fused-ring (bicyclic) bond motifs is 1. The van der Waals surface area contributed by atoms with Gasteiger partial charge in [0.15, 0.2) is 0 Å². The number of aromatic nitrogens is 2. The lowest BCUT2D eigenvalue weighted by atomic mass is 10.1. The number of H-pyrrole nitrogens is 1. The molecule has 17 heavy (non-hydrogen) atoms. The van der Waals surface area contributed by atoms with Crippen LogP contribution in [0.3, 0.4) is 0 Å². The molecule has 0 aliphatic heterocycles. The normalized spacial score (nSPS) is 13.2. The SMILES string of the molecule is CC(C)C(CCl)Nc1nc2ccc(F)cc2[nH]1. The molecule has 1 aromatic carbocycles. The van der Waals surface area contributed by atoms with E-state index in [4.69, 9.17) is 11.6 Å². The van der Waals surface area contributed by atoms with Gasteiger partial charge in [-0.2, -0.15) is 0 Å². The Kier molecular flexibility index (Phi) is 3.52. The van der Waals surface area contributed by atoms with Gasteiger partial charge >= 0.3 is 0 Å². The Bertz CT molecular complexity index is 509. The molecule has 0 aliphatic rings. The lowest BCUT2D eigenvalue weighted by molar-refractivity contribution is 0.561. The largest absolute Gasteiger partial charge is 0.352 e. The van der Waals surface area contributed by atoms with Crippen LogP contribution in [-0.2, 0) is 0 Å². The van der Waals surface area contributed by atoms with Crippen molar-refractivity contribution in [1.29, 1.82) is 0 Å². The Morgan fingerprint density at radius 2 is 2.24 bits per heavy atom. The Labute approximate surface area is 104 Å². The van der Waals surface area contributed by atoms with Crippen LogP contribution >= 0.6 is 11.6 Å². The Balaban J connectivity index is 2.24. The summed E-state index contributed by atoms with van der Waals surface area (Å²) >= 11 is 5.87. The summed E-state index contributed by atoms with van der Waals surface area (Å²) in [5.41, 5.74) is 1.43. The molecule has 1 aromatic heterocycles. The Hall–Kier alpha value is -1.29. The first-order valence-corrected chi connectivity index (χ1v) is 6.11. The number of benzene rings is 1. The summed E-state index contributed by atoms with van der Waals surface area (Å²) < 4.78 is 13.0. The molecule has 0 fully saturated rings. The van der Waals surface area contributed by atoms with E-state index >= 15 is 0 Å². The van der Waals surface area contributed by atoms with Crippen molar-refractivity contribution < 1.29 is 4.39 Å². The van der Waals surface area contributed by atoms with Crippen molar-refractivity contribution >= 4 is 28.6 Å². The molecule has 92 valence electrons. The molecule has 1 heterocycles. The van der Waals surface area contributed by atoms with E-state index in [1.165, 1.54) is 12.1 Å². The number of nitrogens with one attached hydrogen (secondary N) is 2. The molecule has 0 amide bonds. The molecule has 0 saturated carbocycles. The van der Waals surface area contributed by atoms with Gasteiger partial charge in [0.25, 0.3) is 0 Å². The third-order valence-corrected chi connectivity index (χ3v) is 3.07. The fourth-order valence-electron chi connectivity index (χ4n) is 1.61. The average Bonchev–Trinajstić information content (AvgIpc) is 2.66. The van der Waals surface area contributed by atoms with Crippen molar-refractivity contribution in [1.82, 2.24) is 9.97 Å². The van der Waals surface area contributed by atoms with E-state index in [1.54, 1.807) is 6.07 Å². The minimum absolute atomic E-state index is 0.141. The topological polar surface area (TPSA) is 40.7 Å². The van der Waals surface area contributed by atoms with Gasteiger partial charge in [0.2, 0.25) is 5.95 Å². The predicted octanol–water partition coefficient (Wildman–Crippen LogP) is 3.38. The predicted molar refractivity (Wildman–Crippen MR) is 69.0 cm³/mol. The van der Waals surface area contributed by atoms with Crippen LogP contribution in [0.5, 0.6) is 0 Å². The highest BCUT2D eigenvalue weighted by Gasteiger charge is 2.13. The van der Waals surface area contributed by atoms with Crippen molar-refractivity contribution in [2.45, 2.75) is 19.9 Å². The van der Waals surface area contributed by atoms with Crippen molar-refractivity contribution in [3.05, 3.63) is 24.0 Å². The first-order valence-electron chi connectivity index (χ1n) is 5.58. The number of nitrogens with zero attached hydrogens (tertiary/aromatic N) is 1. The Morgan fingerprint density at radius 3 is 2.88 bits per heavy atom.